The third-order valence-electron chi connectivity index (χ3n) is 4.93. The number of sulfonamides is 1. The van der Waals surface area contributed by atoms with Crippen LogP contribution in [0.15, 0.2) is 29.2 Å². The lowest BCUT2D eigenvalue weighted by Crippen LogP contribution is -2.50. The number of carbonyl (C=O) groups is 3. The van der Waals surface area contributed by atoms with Gasteiger partial charge in [-0.25, -0.2) is 8.42 Å². The zero-order chi connectivity index (χ0) is 20.3. The molecule has 0 radical (unpaired) electrons. The largest absolute Gasteiger partial charge is 0.340 e. The molecule has 2 saturated heterocycles. The highest BCUT2D eigenvalue weighted by molar-refractivity contribution is 8.13. The number of ketones is 1. The predicted octanol–water partition coefficient (Wildman–Crippen LogP) is 1.28. The van der Waals surface area contributed by atoms with E-state index in [1.54, 1.807) is 9.80 Å². The molecule has 0 unspecified atom stereocenters. The van der Waals surface area contributed by atoms with Crippen molar-refractivity contribution in [3.05, 3.63) is 29.8 Å². The Morgan fingerprint density at radius 3 is 2.21 bits per heavy atom. The zero-order valence-electron chi connectivity index (χ0n) is 15.7. The molecular formula is C18H23N3O5S2. The molecule has 2 heterocycles. The van der Waals surface area contributed by atoms with Gasteiger partial charge in [0, 0.05) is 57.0 Å². The van der Waals surface area contributed by atoms with Crippen molar-refractivity contribution in [3.8, 4) is 0 Å². The highest BCUT2D eigenvalue weighted by atomic mass is 32.2. The van der Waals surface area contributed by atoms with E-state index >= 15 is 0 Å². The minimum Gasteiger partial charge on any atom is -0.340 e. The van der Waals surface area contributed by atoms with Gasteiger partial charge in [0.15, 0.2) is 5.78 Å². The molecule has 0 atom stereocenters. The number of carbonyl (C=O) groups excluding carboxylic acids is 3. The number of hydrogen-bond donors (Lipinski definition) is 0. The molecule has 1 aromatic rings. The van der Waals surface area contributed by atoms with Crippen LogP contribution in [0, 0.1) is 0 Å². The van der Waals surface area contributed by atoms with Gasteiger partial charge in [-0.3, -0.25) is 14.4 Å². The van der Waals surface area contributed by atoms with E-state index in [2.05, 4.69) is 0 Å². The van der Waals surface area contributed by atoms with Crippen LogP contribution in [0.25, 0.3) is 0 Å². The van der Waals surface area contributed by atoms with Crippen molar-refractivity contribution < 1.29 is 22.8 Å². The summed E-state index contributed by atoms with van der Waals surface area (Å²) in [4.78, 5) is 38.8. The summed E-state index contributed by atoms with van der Waals surface area (Å²) in [6, 6.07) is 5.89. The van der Waals surface area contributed by atoms with E-state index in [1.807, 2.05) is 0 Å². The number of Topliss-reactive ketones (excluding diaryl/α,β-unsaturated/α-hetero) is 1. The van der Waals surface area contributed by atoms with E-state index < -0.39 is 10.0 Å². The van der Waals surface area contributed by atoms with Crippen LogP contribution in [-0.4, -0.2) is 84.5 Å². The Balaban J connectivity index is 1.54. The van der Waals surface area contributed by atoms with E-state index in [-0.39, 0.29) is 41.3 Å². The van der Waals surface area contributed by atoms with Crippen molar-refractivity contribution in [2.75, 3.05) is 45.0 Å². The maximum absolute atomic E-state index is 12.8. The topological polar surface area (TPSA) is 95.1 Å². The van der Waals surface area contributed by atoms with Crippen LogP contribution in [0.1, 0.15) is 23.7 Å². The number of amides is 2. The Kier molecular flexibility index (Phi) is 6.41. The van der Waals surface area contributed by atoms with Gasteiger partial charge in [0.2, 0.25) is 15.9 Å². The maximum atomic E-state index is 12.8. The van der Waals surface area contributed by atoms with E-state index in [9.17, 15) is 22.8 Å². The Morgan fingerprint density at radius 2 is 1.68 bits per heavy atom. The Labute approximate surface area is 168 Å². The zero-order valence-corrected chi connectivity index (χ0v) is 17.3. The lowest BCUT2D eigenvalue weighted by Gasteiger charge is -2.34. The van der Waals surface area contributed by atoms with Crippen molar-refractivity contribution in [2.45, 2.75) is 18.2 Å². The van der Waals surface area contributed by atoms with Crippen LogP contribution in [0.2, 0.25) is 0 Å². The summed E-state index contributed by atoms with van der Waals surface area (Å²) in [5.41, 5.74) is 0.462. The quantitative estimate of drug-likeness (QED) is 0.637. The van der Waals surface area contributed by atoms with Crippen molar-refractivity contribution in [2.24, 2.45) is 0 Å². The summed E-state index contributed by atoms with van der Waals surface area (Å²) in [5, 5.41) is 0.0134. The van der Waals surface area contributed by atoms with Crippen molar-refractivity contribution in [3.63, 3.8) is 0 Å². The molecule has 28 heavy (non-hydrogen) atoms. The summed E-state index contributed by atoms with van der Waals surface area (Å²) in [6.45, 7) is 3.61. The van der Waals surface area contributed by atoms with E-state index in [4.69, 9.17) is 0 Å². The van der Waals surface area contributed by atoms with Crippen molar-refractivity contribution in [1.82, 2.24) is 14.1 Å². The lowest BCUT2D eigenvalue weighted by molar-refractivity contribution is -0.132. The molecule has 0 saturated carbocycles. The van der Waals surface area contributed by atoms with Gasteiger partial charge in [-0.15, -0.1) is 0 Å². The molecule has 152 valence electrons. The first-order valence-electron chi connectivity index (χ1n) is 9.09. The van der Waals surface area contributed by atoms with Crippen LogP contribution in [0.5, 0.6) is 0 Å². The first-order chi connectivity index (χ1) is 13.3. The van der Waals surface area contributed by atoms with Crippen LogP contribution >= 0.6 is 11.8 Å². The van der Waals surface area contributed by atoms with E-state index in [0.717, 1.165) is 5.75 Å². The second-order valence-corrected chi connectivity index (χ2v) is 9.70. The fourth-order valence-electron chi connectivity index (χ4n) is 3.21. The average molecular weight is 426 g/mol. The van der Waals surface area contributed by atoms with E-state index in [0.29, 0.717) is 31.7 Å². The van der Waals surface area contributed by atoms with Crippen molar-refractivity contribution >= 4 is 38.7 Å². The van der Waals surface area contributed by atoms with Gasteiger partial charge < -0.3 is 9.80 Å². The number of nitrogens with zero attached hydrogens (tertiary/aromatic N) is 3. The van der Waals surface area contributed by atoms with Gasteiger partial charge >= 0.3 is 0 Å². The maximum Gasteiger partial charge on any atom is 0.281 e. The summed E-state index contributed by atoms with van der Waals surface area (Å²) in [5.74, 6) is 0.578. The van der Waals surface area contributed by atoms with E-state index in [1.165, 1.54) is 47.3 Å². The molecule has 8 nitrogen and oxygen atoms in total. The minimum absolute atomic E-state index is 0.0134. The smallest absolute Gasteiger partial charge is 0.281 e. The van der Waals surface area contributed by atoms with Gasteiger partial charge in [-0.1, -0.05) is 23.9 Å². The fraction of sp³-hybridized carbons (Fsp3) is 0.500. The van der Waals surface area contributed by atoms with Gasteiger partial charge in [0.05, 0.1) is 4.90 Å². The number of piperazine rings is 1. The number of thioether (sulfide) groups is 1. The van der Waals surface area contributed by atoms with Crippen LogP contribution in [-0.2, 0) is 14.8 Å². The molecule has 2 aliphatic rings. The fourth-order valence-corrected chi connectivity index (χ4v) is 5.48. The highest BCUT2D eigenvalue weighted by Crippen LogP contribution is 2.20. The van der Waals surface area contributed by atoms with Crippen molar-refractivity contribution in [1.29, 1.82) is 0 Å². The Morgan fingerprint density at radius 1 is 1.04 bits per heavy atom. The van der Waals surface area contributed by atoms with Gasteiger partial charge in [0.25, 0.3) is 5.24 Å². The molecule has 2 fully saturated rings. The molecule has 0 aliphatic carbocycles. The molecule has 2 amide bonds. The molecule has 0 spiro atoms. The molecule has 0 bridgehead atoms. The first kappa shape index (κ1) is 20.8. The number of benzene rings is 1. The minimum atomic E-state index is -3.66. The standard InChI is InChI=1S/C18H23N3O5S2/c1-14(22)15-2-4-16(5-3-15)28(25,26)21-10-8-19(9-11-21)17(23)6-7-20-12-13-27-18(20)24/h2-5H,6-13H2,1H3. The van der Waals surface area contributed by atoms with Gasteiger partial charge in [0.1, 0.15) is 0 Å². The number of hydrogen-bond acceptors (Lipinski definition) is 6. The third kappa shape index (κ3) is 4.56. The molecule has 2 aliphatic heterocycles. The summed E-state index contributed by atoms with van der Waals surface area (Å²) in [7, 11) is -3.66. The molecule has 1 aromatic carbocycles. The molecular weight excluding hydrogens is 402 g/mol. The Hall–Kier alpha value is -1.91. The van der Waals surface area contributed by atoms with Crippen LogP contribution in [0.4, 0.5) is 4.79 Å². The molecule has 3 rings (SSSR count). The normalized spacial score (nSPS) is 18.5. The SMILES string of the molecule is CC(=O)c1ccc(S(=O)(=O)N2CCN(C(=O)CCN3CCSC3=O)CC2)cc1. The first-order valence-corrected chi connectivity index (χ1v) is 11.5. The van der Waals surface area contributed by atoms with Gasteiger partial charge in [-0.2, -0.15) is 4.31 Å². The molecule has 10 heteroatoms. The lowest BCUT2D eigenvalue weighted by atomic mass is 10.2. The number of rotatable bonds is 6. The van der Waals surface area contributed by atoms with Crippen LogP contribution < -0.4 is 0 Å². The monoisotopic (exact) mass is 425 g/mol. The Bertz CT molecular complexity index is 862. The second-order valence-electron chi connectivity index (χ2n) is 6.72. The van der Waals surface area contributed by atoms with Crippen LogP contribution in [0.3, 0.4) is 0 Å². The second kappa shape index (κ2) is 8.62. The molecule has 0 aromatic heterocycles. The summed E-state index contributed by atoms with van der Waals surface area (Å²) < 4.78 is 26.9. The highest BCUT2D eigenvalue weighted by Gasteiger charge is 2.30. The summed E-state index contributed by atoms with van der Waals surface area (Å²) in [6.07, 6.45) is 0.256. The predicted molar refractivity (Wildman–Crippen MR) is 106 cm³/mol. The third-order valence-corrected chi connectivity index (χ3v) is 7.74. The average Bonchev–Trinajstić information content (AvgIpc) is 3.11. The molecule has 0 N–H and O–H groups in total. The van der Waals surface area contributed by atoms with Gasteiger partial charge in [-0.05, 0) is 19.1 Å². The summed E-state index contributed by atoms with van der Waals surface area (Å²) >= 11 is 1.27.